The Balaban J connectivity index is 2.39. The third-order valence-corrected chi connectivity index (χ3v) is 3.46. The zero-order valence-corrected chi connectivity index (χ0v) is 12.3. The second-order valence-corrected chi connectivity index (χ2v) is 5.11. The zero-order valence-electron chi connectivity index (χ0n) is 12.3. The molecule has 22 heavy (non-hydrogen) atoms. The van der Waals surface area contributed by atoms with Gasteiger partial charge in [-0.3, -0.25) is 14.2 Å². The van der Waals surface area contributed by atoms with Crippen molar-refractivity contribution >= 4 is 5.97 Å². The number of hydrogen-bond donors (Lipinski definition) is 2. The van der Waals surface area contributed by atoms with Crippen LogP contribution < -0.4 is 11.2 Å². The van der Waals surface area contributed by atoms with Crippen LogP contribution >= 0.6 is 0 Å². The molecular weight excluding hydrogens is 296 g/mol. The Morgan fingerprint density at radius 3 is 2.73 bits per heavy atom. The molecule has 1 unspecified atom stereocenters. The monoisotopic (exact) mass is 314 g/mol. The van der Waals surface area contributed by atoms with Gasteiger partial charge in [-0.05, 0) is 6.92 Å². The Kier molecular flexibility index (Phi) is 4.79. The summed E-state index contributed by atoms with van der Waals surface area (Å²) >= 11 is 0. The van der Waals surface area contributed by atoms with E-state index < -0.39 is 42.4 Å². The maximum Gasteiger partial charge on any atom is 0.335 e. The number of rotatable bonds is 4. The van der Waals surface area contributed by atoms with Crippen molar-refractivity contribution < 1.29 is 24.5 Å². The molecule has 1 saturated heterocycles. The highest BCUT2D eigenvalue weighted by atomic mass is 16.5. The molecule has 1 aromatic rings. The van der Waals surface area contributed by atoms with Crippen molar-refractivity contribution in [2.24, 2.45) is 0 Å². The molecule has 9 heteroatoms. The van der Waals surface area contributed by atoms with E-state index in [9.17, 15) is 19.5 Å². The van der Waals surface area contributed by atoms with Crippen molar-refractivity contribution in [3.05, 3.63) is 32.6 Å². The molecule has 0 spiro atoms. The molecule has 0 amide bonds. The van der Waals surface area contributed by atoms with Gasteiger partial charge in [0.25, 0.3) is 5.56 Å². The fraction of sp³-hybridized carbons (Fsp3) is 0.615. The predicted molar refractivity (Wildman–Crippen MR) is 73.1 cm³/mol. The van der Waals surface area contributed by atoms with Crippen LogP contribution in [0.5, 0.6) is 0 Å². The van der Waals surface area contributed by atoms with E-state index in [2.05, 4.69) is 0 Å². The van der Waals surface area contributed by atoms with Crippen LogP contribution in [0.3, 0.4) is 0 Å². The van der Waals surface area contributed by atoms with Crippen molar-refractivity contribution in [3.8, 4) is 0 Å². The number of hydrogen-bond acceptors (Lipinski definition) is 7. The third kappa shape index (κ3) is 3.11. The number of esters is 1. The van der Waals surface area contributed by atoms with E-state index >= 15 is 0 Å². The van der Waals surface area contributed by atoms with E-state index in [0.29, 0.717) is 0 Å². The minimum Gasteiger partial charge on any atom is -0.444 e. The molecule has 1 aromatic heterocycles. The van der Waals surface area contributed by atoms with Crippen LogP contribution in [-0.4, -0.2) is 44.1 Å². The molecule has 0 aromatic carbocycles. The summed E-state index contributed by atoms with van der Waals surface area (Å²) in [6.45, 7) is 1.81. The molecular formula is C13H18N2O7. The van der Waals surface area contributed by atoms with Crippen molar-refractivity contribution in [3.63, 3.8) is 0 Å². The average Bonchev–Trinajstić information content (AvgIpc) is 2.83. The first-order valence-electron chi connectivity index (χ1n) is 6.75. The Bertz CT molecular complexity index is 678. The average molecular weight is 314 g/mol. The summed E-state index contributed by atoms with van der Waals surface area (Å²) in [7, 11) is 0. The maximum atomic E-state index is 12.4. The molecule has 2 rings (SSSR count). The highest BCUT2D eigenvalue weighted by Gasteiger charge is 2.35. The molecule has 1 fully saturated rings. The van der Waals surface area contributed by atoms with Gasteiger partial charge in [-0.1, -0.05) is 0 Å². The van der Waals surface area contributed by atoms with Gasteiger partial charge in [0.1, 0.15) is 12.3 Å². The molecule has 9 nitrogen and oxygen atoms in total. The van der Waals surface area contributed by atoms with E-state index in [4.69, 9.17) is 14.6 Å². The third-order valence-electron chi connectivity index (χ3n) is 3.46. The van der Waals surface area contributed by atoms with Gasteiger partial charge in [0.15, 0.2) is 6.73 Å². The lowest BCUT2D eigenvalue weighted by Gasteiger charge is -2.17. The van der Waals surface area contributed by atoms with E-state index in [1.807, 2.05) is 0 Å². The number of aryl methyl sites for hydroxylation is 1. The first kappa shape index (κ1) is 16.4. The summed E-state index contributed by atoms with van der Waals surface area (Å²) < 4.78 is 12.0. The van der Waals surface area contributed by atoms with Crippen LogP contribution in [0.2, 0.25) is 0 Å². The van der Waals surface area contributed by atoms with Gasteiger partial charge in [0.05, 0.1) is 12.7 Å². The number of aliphatic hydroxyl groups excluding tert-OH is 2. The fourth-order valence-corrected chi connectivity index (χ4v) is 2.28. The van der Waals surface area contributed by atoms with Crippen LogP contribution in [0, 0.1) is 6.92 Å². The highest BCUT2D eigenvalue weighted by molar-refractivity contribution is 5.65. The van der Waals surface area contributed by atoms with Crippen LogP contribution in [0.4, 0.5) is 0 Å². The largest absolute Gasteiger partial charge is 0.444 e. The number of carbonyl (C=O) groups is 1. The number of aromatic nitrogens is 2. The first-order valence-corrected chi connectivity index (χ1v) is 6.75. The highest BCUT2D eigenvalue weighted by Crippen LogP contribution is 2.27. The van der Waals surface area contributed by atoms with Crippen molar-refractivity contribution in [1.82, 2.24) is 9.13 Å². The maximum absolute atomic E-state index is 12.4. The van der Waals surface area contributed by atoms with E-state index in [-0.39, 0.29) is 18.6 Å². The molecule has 0 radical (unpaired) electrons. The van der Waals surface area contributed by atoms with Crippen LogP contribution in [0.25, 0.3) is 0 Å². The molecule has 0 aliphatic carbocycles. The smallest absolute Gasteiger partial charge is 0.335 e. The second-order valence-electron chi connectivity index (χ2n) is 5.11. The molecule has 2 N–H and O–H groups in total. The summed E-state index contributed by atoms with van der Waals surface area (Å²) in [5.74, 6) is -0.618. The Morgan fingerprint density at radius 2 is 2.18 bits per heavy atom. The van der Waals surface area contributed by atoms with E-state index in [0.717, 1.165) is 9.13 Å². The predicted octanol–water partition coefficient (Wildman–Crippen LogP) is -1.52. The molecule has 2 heterocycles. The number of nitrogens with zero attached hydrogens (tertiary/aromatic N) is 2. The number of carbonyl (C=O) groups excluding carboxylic acids is 1. The molecule has 122 valence electrons. The Hall–Kier alpha value is -1.97. The van der Waals surface area contributed by atoms with Crippen molar-refractivity contribution in [2.45, 2.75) is 45.4 Å². The van der Waals surface area contributed by atoms with Crippen LogP contribution in [0.15, 0.2) is 15.8 Å². The Morgan fingerprint density at radius 1 is 1.50 bits per heavy atom. The molecule has 3 atom stereocenters. The minimum atomic E-state index is -0.906. The fourth-order valence-electron chi connectivity index (χ4n) is 2.28. The second kappa shape index (κ2) is 6.42. The topological polar surface area (TPSA) is 120 Å². The summed E-state index contributed by atoms with van der Waals surface area (Å²) in [5, 5.41) is 18.8. The molecule has 0 saturated carbocycles. The zero-order chi connectivity index (χ0) is 16.4. The van der Waals surface area contributed by atoms with Gasteiger partial charge in [-0.15, -0.1) is 0 Å². The first-order chi connectivity index (χ1) is 10.3. The van der Waals surface area contributed by atoms with Gasteiger partial charge in [0.2, 0.25) is 0 Å². The van der Waals surface area contributed by atoms with Crippen molar-refractivity contribution in [2.75, 3.05) is 6.61 Å². The van der Waals surface area contributed by atoms with E-state index in [1.165, 1.54) is 20.0 Å². The Labute approximate surface area is 125 Å². The quantitative estimate of drug-likeness (QED) is 0.648. The summed E-state index contributed by atoms with van der Waals surface area (Å²) in [6.07, 6.45) is -1.06. The normalized spacial score (nSPS) is 24.5. The number of aliphatic hydroxyl groups is 2. The van der Waals surface area contributed by atoms with Gasteiger partial charge >= 0.3 is 11.7 Å². The van der Waals surface area contributed by atoms with Gasteiger partial charge < -0.3 is 19.7 Å². The minimum absolute atomic E-state index is 0.107. The molecule has 0 bridgehead atoms. The lowest BCUT2D eigenvalue weighted by atomic mass is 10.2. The van der Waals surface area contributed by atoms with Crippen molar-refractivity contribution in [1.29, 1.82) is 0 Å². The van der Waals surface area contributed by atoms with Crippen LogP contribution in [-0.2, 0) is 21.0 Å². The standard InChI is InChI=1S/C13H18N2O7/c1-7-4-14(11-3-9(18)10(5-16)22-11)13(20)15(12(7)19)6-21-8(2)17/h4,9-11,16,18H,3,5-6H2,1-2H3/t9?,10-,11-/m1/s1. The SMILES string of the molecule is CC(=O)OCn1c(=O)c(C)cn([C@H]2CC(O)[C@@H](CO)O2)c1=O. The van der Waals surface area contributed by atoms with Gasteiger partial charge in [-0.2, -0.15) is 0 Å². The molecule has 1 aliphatic rings. The molecule has 1 aliphatic heterocycles. The van der Waals surface area contributed by atoms with E-state index in [1.54, 1.807) is 0 Å². The summed E-state index contributed by atoms with van der Waals surface area (Å²) in [6, 6.07) is 0. The van der Waals surface area contributed by atoms with Gasteiger partial charge in [-0.25, -0.2) is 9.36 Å². The van der Waals surface area contributed by atoms with Crippen LogP contribution in [0.1, 0.15) is 25.1 Å². The number of ether oxygens (including phenoxy) is 2. The summed E-state index contributed by atoms with van der Waals surface area (Å²) in [4.78, 5) is 35.2. The van der Waals surface area contributed by atoms with Gasteiger partial charge in [0, 0.05) is 25.1 Å². The summed E-state index contributed by atoms with van der Waals surface area (Å²) in [5.41, 5.74) is -1.02. The lowest BCUT2D eigenvalue weighted by Crippen LogP contribution is -2.42. The lowest BCUT2D eigenvalue weighted by molar-refractivity contribution is -0.145.